The average molecular weight is 195 g/mol. The van der Waals surface area contributed by atoms with E-state index in [1.807, 2.05) is 6.92 Å². The molecule has 0 aliphatic heterocycles. The van der Waals surface area contributed by atoms with Gasteiger partial charge in [0.2, 0.25) is 0 Å². The summed E-state index contributed by atoms with van der Waals surface area (Å²) in [4.78, 5) is 10.9. The van der Waals surface area contributed by atoms with Crippen LogP contribution in [0.1, 0.15) is 11.1 Å². The Kier molecular flexibility index (Phi) is 3.09. The Morgan fingerprint density at radius 2 is 2.14 bits per heavy atom. The Bertz CT molecular complexity index is 361. The minimum atomic E-state index is -0.679. The summed E-state index contributed by atoms with van der Waals surface area (Å²) < 4.78 is 4.94. The zero-order valence-electron chi connectivity index (χ0n) is 8.20. The Balaban J connectivity index is 3.06. The Morgan fingerprint density at radius 1 is 1.50 bits per heavy atom. The molecular weight excluding hydrogens is 182 g/mol. The second-order valence-corrected chi connectivity index (χ2v) is 3.06. The first-order valence-corrected chi connectivity index (χ1v) is 4.23. The number of aliphatic hydroxyl groups excluding tert-OH is 1. The minimum absolute atomic E-state index is 0.434. The molecule has 0 radical (unpaired) electrons. The van der Waals surface area contributed by atoms with Gasteiger partial charge < -0.3 is 15.6 Å². The zero-order valence-corrected chi connectivity index (χ0v) is 8.20. The van der Waals surface area contributed by atoms with E-state index in [0.29, 0.717) is 17.0 Å². The number of aryl methyl sites for hydroxylation is 1. The van der Waals surface area contributed by atoms with Gasteiger partial charge in [-0.25, -0.2) is 4.79 Å². The van der Waals surface area contributed by atoms with E-state index < -0.39 is 12.6 Å². The van der Waals surface area contributed by atoms with Crippen molar-refractivity contribution in [1.82, 2.24) is 0 Å². The van der Waals surface area contributed by atoms with Crippen LogP contribution in [0.15, 0.2) is 12.1 Å². The monoisotopic (exact) mass is 195 g/mol. The van der Waals surface area contributed by atoms with E-state index in [9.17, 15) is 4.79 Å². The molecule has 1 rings (SSSR count). The van der Waals surface area contributed by atoms with E-state index in [2.05, 4.69) is 0 Å². The van der Waals surface area contributed by atoms with Gasteiger partial charge in [-0.3, -0.25) is 0 Å². The zero-order chi connectivity index (χ0) is 10.7. The van der Waals surface area contributed by atoms with Crippen molar-refractivity contribution >= 4 is 11.7 Å². The Labute approximate surface area is 82.3 Å². The first-order chi connectivity index (χ1) is 6.56. The van der Waals surface area contributed by atoms with E-state index in [4.69, 9.17) is 15.6 Å². The number of nitrogens with two attached hydrogens (primary N) is 1. The summed E-state index contributed by atoms with van der Waals surface area (Å²) in [6.07, 6.45) is 0. The van der Waals surface area contributed by atoms with Crippen molar-refractivity contribution in [2.24, 2.45) is 0 Å². The first-order valence-electron chi connectivity index (χ1n) is 4.23. The smallest absolute Gasteiger partial charge is 0.337 e. The van der Waals surface area contributed by atoms with Gasteiger partial charge in [-0.05, 0) is 25.5 Å². The third-order valence-electron chi connectivity index (χ3n) is 1.99. The average Bonchev–Trinajstić information content (AvgIpc) is 2.18. The second kappa shape index (κ2) is 4.11. The third-order valence-corrected chi connectivity index (χ3v) is 1.99. The van der Waals surface area contributed by atoms with Crippen molar-refractivity contribution in [3.05, 3.63) is 23.3 Å². The van der Waals surface area contributed by atoms with E-state index in [0.717, 1.165) is 5.56 Å². The van der Waals surface area contributed by atoms with E-state index in [1.165, 1.54) is 0 Å². The number of esters is 1. The SMILES string of the molecule is Cc1ccc(N)c(C)c1OC(=O)CO. The Morgan fingerprint density at radius 3 is 2.71 bits per heavy atom. The summed E-state index contributed by atoms with van der Waals surface area (Å²) in [5, 5.41) is 8.54. The second-order valence-electron chi connectivity index (χ2n) is 3.06. The predicted molar refractivity (Wildman–Crippen MR) is 53.0 cm³/mol. The fourth-order valence-electron chi connectivity index (χ4n) is 1.15. The van der Waals surface area contributed by atoms with Gasteiger partial charge in [-0.15, -0.1) is 0 Å². The quantitative estimate of drug-likeness (QED) is 0.415. The van der Waals surface area contributed by atoms with Crippen LogP contribution in [0.4, 0.5) is 5.69 Å². The molecule has 0 aliphatic rings. The number of ether oxygens (including phenoxy) is 1. The molecule has 0 aromatic heterocycles. The highest BCUT2D eigenvalue weighted by atomic mass is 16.5. The van der Waals surface area contributed by atoms with Gasteiger partial charge in [-0.1, -0.05) is 6.07 Å². The molecule has 1 aromatic carbocycles. The van der Waals surface area contributed by atoms with Crippen molar-refractivity contribution in [1.29, 1.82) is 0 Å². The lowest BCUT2D eigenvalue weighted by Crippen LogP contribution is -2.14. The van der Waals surface area contributed by atoms with Gasteiger partial charge in [0.1, 0.15) is 12.4 Å². The van der Waals surface area contributed by atoms with Crippen molar-refractivity contribution in [3.8, 4) is 5.75 Å². The van der Waals surface area contributed by atoms with Crippen LogP contribution in [-0.4, -0.2) is 17.7 Å². The van der Waals surface area contributed by atoms with Crippen LogP contribution in [0, 0.1) is 13.8 Å². The number of hydrogen-bond donors (Lipinski definition) is 2. The molecule has 0 fully saturated rings. The molecule has 0 atom stereocenters. The molecule has 0 aliphatic carbocycles. The van der Waals surface area contributed by atoms with Gasteiger partial charge in [0.05, 0.1) is 0 Å². The molecule has 0 heterocycles. The number of aliphatic hydroxyl groups is 1. The number of rotatable bonds is 2. The summed E-state index contributed by atoms with van der Waals surface area (Å²) in [6.45, 7) is 2.95. The van der Waals surface area contributed by atoms with Crippen LogP contribution >= 0.6 is 0 Å². The van der Waals surface area contributed by atoms with Crippen LogP contribution in [0.25, 0.3) is 0 Å². The van der Waals surface area contributed by atoms with Crippen molar-refractivity contribution in [3.63, 3.8) is 0 Å². The number of carbonyl (C=O) groups excluding carboxylic acids is 1. The fraction of sp³-hybridized carbons (Fsp3) is 0.300. The van der Waals surface area contributed by atoms with Gasteiger partial charge in [-0.2, -0.15) is 0 Å². The highest BCUT2D eigenvalue weighted by Gasteiger charge is 2.10. The summed E-state index contributed by atoms with van der Waals surface area (Å²) >= 11 is 0. The third kappa shape index (κ3) is 2.03. The van der Waals surface area contributed by atoms with Gasteiger partial charge in [0, 0.05) is 11.3 Å². The lowest BCUT2D eigenvalue weighted by Gasteiger charge is -2.11. The molecule has 0 amide bonds. The molecule has 76 valence electrons. The summed E-state index contributed by atoms with van der Waals surface area (Å²) in [5.41, 5.74) is 7.75. The molecule has 0 spiro atoms. The highest BCUT2D eigenvalue weighted by molar-refractivity contribution is 5.75. The maximum atomic E-state index is 10.9. The molecule has 0 unspecified atom stereocenters. The number of hydrogen-bond acceptors (Lipinski definition) is 4. The molecule has 14 heavy (non-hydrogen) atoms. The topological polar surface area (TPSA) is 72.5 Å². The number of nitrogen functional groups attached to an aromatic ring is 1. The summed E-state index contributed by atoms with van der Waals surface area (Å²) in [5.74, 6) is -0.245. The van der Waals surface area contributed by atoms with Gasteiger partial charge in [0.15, 0.2) is 0 Å². The van der Waals surface area contributed by atoms with Crippen molar-refractivity contribution in [2.45, 2.75) is 13.8 Å². The Hall–Kier alpha value is -1.55. The molecule has 3 N–H and O–H groups in total. The van der Waals surface area contributed by atoms with Crippen LogP contribution in [0.5, 0.6) is 5.75 Å². The molecule has 0 saturated heterocycles. The van der Waals surface area contributed by atoms with Crippen LogP contribution in [0.3, 0.4) is 0 Å². The fourth-order valence-corrected chi connectivity index (χ4v) is 1.15. The minimum Gasteiger partial charge on any atom is -0.424 e. The van der Waals surface area contributed by atoms with Crippen LogP contribution in [-0.2, 0) is 4.79 Å². The molecule has 0 saturated carbocycles. The van der Waals surface area contributed by atoms with Crippen LogP contribution < -0.4 is 10.5 Å². The maximum Gasteiger partial charge on any atom is 0.337 e. The van der Waals surface area contributed by atoms with Crippen molar-refractivity contribution in [2.75, 3.05) is 12.3 Å². The van der Waals surface area contributed by atoms with Crippen LogP contribution in [0.2, 0.25) is 0 Å². The number of carbonyl (C=O) groups is 1. The lowest BCUT2D eigenvalue weighted by molar-refractivity contribution is -0.137. The van der Waals surface area contributed by atoms with Crippen molar-refractivity contribution < 1.29 is 14.6 Å². The first kappa shape index (κ1) is 10.5. The standard InChI is InChI=1S/C10H13NO3/c1-6-3-4-8(11)7(2)10(6)14-9(13)5-12/h3-4,12H,5,11H2,1-2H3. The highest BCUT2D eigenvalue weighted by Crippen LogP contribution is 2.27. The van der Waals surface area contributed by atoms with E-state index in [-0.39, 0.29) is 0 Å². The largest absolute Gasteiger partial charge is 0.424 e. The number of anilines is 1. The predicted octanol–water partition coefficient (Wildman–Crippen LogP) is 0.783. The van der Waals surface area contributed by atoms with Gasteiger partial charge in [0.25, 0.3) is 0 Å². The molecule has 0 bridgehead atoms. The normalized spacial score (nSPS) is 9.93. The molecular formula is C10H13NO3. The summed E-state index contributed by atoms with van der Waals surface area (Å²) in [7, 11) is 0. The molecule has 1 aromatic rings. The van der Waals surface area contributed by atoms with E-state index >= 15 is 0 Å². The number of benzene rings is 1. The molecule has 4 heteroatoms. The van der Waals surface area contributed by atoms with Gasteiger partial charge >= 0.3 is 5.97 Å². The maximum absolute atomic E-state index is 10.9. The summed E-state index contributed by atoms with van der Waals surface area (Å²) in [6, 6.07) is 3.52. The molecule has 4 nitrogen and oxygen atoms in total. The lowest BCUT2D eigenvalue weighted by atomic mass is 10.1. The van der Waals surface area contributed by atoms with E-state index in [1.54, 1.807) is 19.1 Å².